The van der Waals surface area contributed by atoms with Crippen molar-refractivity contribution in [1.82, 2.24) is 24.1 Å². The zero-order valence-corrected chi connectivity index (χ0v) is 15.1. The molecule has 0 unspecified atom stereocenters. The largest absolute Gasteiger partial charge is 0.380 e. The Balaban J connectivity index is 1.75. The minimum absolute atomic E-state index is 0.252. The van der Waals surface area contributed by atoms with Crippen molar-refractivity contribution >= 4 is 22.9 Å². The van der Waals surface area contributed by atoms with Gasteiger partial charge in [-0.25, -0.2) is 13.7 Å². The van der Waals surface area contributed by atoms with Gasteiger partial charge in [0, 0.05) is 37.7 Å². The van der Waals surface area contributed by atoms with Crippen LogP contribution in [0.3, 0.4) is 0 Å². The van der Waals surface area contributed by atoms with Crippen LogP contribution < -0.4 is 0 Å². The van der Waals surface area contributed by atoms with Crippen LogP contribution in [0, 0.1) is 12.7 Å². The predicted molar refractivity (Wildman–Crippen MR) is 95.9 cm³/mol. The molecule has 0 bridgehead atoms. The molecule has 0 atom stereocenters. The number of H-pyrrole nitrogens is 1. The monoisotopic (exact) mass is 361 g/mol. The zero-order chi connectivity index (χ0) is 17.4. The number of rotatable bonds is 3. The molecule has 1 aliphatic heterocycles. The van der Waals surface area contributed by atoms with Crippen molar-refractivity contribution in [3.8, 4) is 11.4 Å². The fourth-order valence-corrected chi connectivity index (χ4v) is 4.10. The third-order valence-corrected chi connectivity index (χ3v) is 5.31. The Labute approximate surface area is 149 Å². The number of nitrogens with one attached hydrogen (secondary N) is 1. The van der Waals surface area contributed by atoms with Crippen molar-refractivity contribution in [3.05, 3.63) is 29.8 Å². The number of hydrogen-bond acceptors (Lipinski definition) is 5. The van der Waals surface area contributed by atoms with Crippen molar-refractivity contribution in [2.24, 2.45) is 7.05 Å². The van der Waals surface area contributed by atoms with Crippen molar-refractivity contribution in [3.63, 3.8) is 0 Å². The summed E-state index contributed by atoms with van der Waals surface area (Å²) in [6.45, 7) is 5.23. The summed E-state index contributed by atoms with van der Waals surface area (Å²) < 4.78 is 23.9. The minimum Gasteiger partial charge on any atom is -0.380 e. The van der Waals surface area contributed by atoms with E-state index in [9.17, 15) is 4.39 Å². The van der Waals surface area contributed by atoms with Gasteiger partial charge in [0.15, 0.2) is 5.82 Å². The van der Waals surface area contributed by atoms with Crippen molar-refractivity contribution in [2.45, 2.75) is 18.4 Å². The van der Waals surface area contributed by atoms with Gasteiger partial charge in [0.1, 0.15) is 12.1 Å². The maximum Gasteiger partial charge on any atom is 0.182 e. The van der Waals surface area contributed by atoms with Crippen LogP contribution in [0.4, 0.5) is 4.39 Å². The second kappa shape index (κ2) is 6.78. The molecule has 1 aliphatic rings. The van der Waals surface area contributed by atoms with Gasteiger partial charge in [-0.15, -0.1) is 0 Å². The van der Waals surface area contributed by atoms with Gasteiger partial charge < -0.3 is 9.72 Å². The van der Waals surface area contributed by atoms with E-state index in [2.05, 4.69) is 19.4 Å². The highest BCUT2D eigenvalue weighted by Gasteiger charge is 2.19. The third-order valence-electron chi connectivity index (χ3n) is 4.27. The maximum atomic E-state index is 14.5. The molecule has 132 valence electrons. The van der Waals surface area contributed by atoms with Gasteiger partial charge in [0.25, 0.3) is 0 Å². The number of ether oxygens (including phenoxy) is 1. The number of benzene rings is 1. The topological polar surface area (TPSA) is 59.0 Å². The Morgan fingerprint density at radius 3 is 2.96 bits per heavy atom. The van der Waals surface area contributed by atoms with E-state index in [0.717, 1.165) is 54.3 Å². The summed E-state index contributed by atoms with van der Waals surface area (Å²) in [5.41, 5.74) is 2.20. The fraction of sp³-hybridized carbons (Fsp3) is 0.412. The first-order valence-electron chi connectivity index (χ1n) is 8.30. The highest BCUT2D eigenvalue weighted by atomic mass is 32.2. The number of fused-ring (bicyclic) bond motifs is 1. The molecule has 1 saturated heterocycles. The molecule has 3 aromatic rings. The van der Waals surface area contributed by atoms with E-state index < -0.39 is 0 Å². The SMILES string of the molecule is Cc1cc(F)c2[nH]c(SN3CCCOCC3)cc2c1-c1ncn(C)n1. The molecule has 6 nitrogen and oxygen atoms in total. The summed E-state index contributed by atoms with van der Waals surface area (Å²) in [7, 11) is 1.83. The summed E-state index contributed by atoms with van der Waals surface area (Å²) in [6.07, 6.45) is 2.66. The van der Waals surface area contributed by atoms with E-state index in [0.29, 0.717) is 11.3 Å². The second-order valence-corrected chi connectivity index (χ2v) is 7.34. The van der Waals surface area contributed by atoms with Crippen molar-refractivity contribution in [2.75, 3.05) is 26.3 Å². The van der Waals surface area contributed by atoms with Gasteiger partial charge in [-0.05, 0) is 43.0 Å². The maximum absolute atomic E-state index is 14.5. The second-order valence-electron chi connectivity index (χ2n) is 6.20. The van der Waals surface area contributed by atoms with Crippen LogP contribution in [0.1, 0.15) is 12.0 Å². The Kier molecular flexibility index (Phi) is 4.49. The smallest absolute Gasteiger partial charge is 0.182 e. The number of aryl methyl sites for hydroxylation is 2. The molecule has 0 radical (unpaired) electrons. The summed E-state index contributed by atoms with van der Waals surface area (Å²) in [5, 5.41) is 6.13. The quantitative estimate of drug-likeness (QED) is 0.726. The van der Waals surface area contributed by atoms with Crippen LogP contribution in [0.15, 0.2) is 23.5 Å². The number of halogens is 1. The Morgan fingerprint density at radius 1 is 1.28 bits per heavy atom. The van der Waals surface area contributed by atoms with Crippen LogP contribution in [0.5, 0.6) is 0 Å². The lowest BCUT2D eigenvalue weighted by atomic mass is 10.0. The lowest BCUT2D eigenvalue weighted by Crippen LogP contribution is -2.18. The van der Waals surface area contributed by atoms with Gasteiger partial charge in [0.05, 0.1) is 17.1 Å². The molecule has 1 fully saturated rings. The Bertz CT molecular complexity index is 898. The molecule has 4 rings (SSSR count). The number of aromatic amines is 1. The molecule has 2 aromatic heterocycles. The van der Waals surface area contributed by atoms with Gasteiger partial charge in [-0.2, -0.15) is 5.10 Å². The minimum atomic E-state index is -0.252. The van der Waals surface area contributed by atoms with Crippen LogP contribution in [0.25, 0.3) is 22.3 Å². The van der Waals surface area contributed by atoms with E-state index in [1.165, 1.54) is 0 Å². The van der Waals surface area contributed by atoms with Crippen LogP contribution in [-0.4, -0.2) is 50.4 Å². The average Bonchev–Trinajstić information content (AvgIpc) is 3.08. The van der Waals surface area contributed by atoms with E-state index in [1.54, 1.807) is 29.0 Å². The summed E-state index contributed by atoms with van der Waals surface area (Å²) in [5.74, 6) is 0.363. The zero-order valence-electron chi connectivity index (χ0n) is 14.3. The van der Waals surface area contributed by atoms with Crippen LogP contribution in [-0.2, 0) is 11.8 Å². The average molecular weight is 361 g/mol. The highest BCUT2D eigenvalue weighted by Crippen LogP contribution is 2.35. The molecule has 1 aromatic carbocycles. The molecule has 3 heterocycles. The van der Waals surface area contributed by atoms with Crippen LogP contribution in [0.2, 0.25) is 0 Å². The Hall–Kier alpha value is -1.90. The molecular weight excluding hydrogens is 341 g/mol. The first-order chi connectivity index (χ1) is 12.1. The summed E-state index contributed by atoms with van der Waals surface area (Å²) in [4.78, 5) is 7.56. The van der Waals surface area contributed by atoms with Crippen molar-refractivity contribution in [1.29, 1.82) is 0 Å². The molecule has 8 heteroatoms. The van der Waals surface area contributed by atoms with Gasteiger partial charge in [-0.1, -0.05) is 0 Å². The third kappa shape index (κ3) is 3.29. The van der Waals surface area contributed by atoms with E-state index >= 15 is 0 Å². The molecule has 25 heavy (non-hydrogen) atoms. The molecular formula is C17H20FN5OS. The van der Waals surface area contributed by atoms with Crippen LogP contribution >= 0.6 is 11.9 Å². The van der Waals surface area contributed by atoms with E-state index in [4.69, 9.17) is 4.74 Å². The number of aromatic nitrogens is 4. The first kappa shape index (κ1) is 16.6. The molecule has 0 saturated carbocycles. The fourth-order valence-electron chi connectivity index (χ4n) is 3.12. The molecule has 0 spiro atoms. The number of nitrogens with zero attached hydrogens (tertiary/aromatic N) is 4. The van der Waals surface area contributed by atoms with Crippen molar-refractivity contribution < 1.29 is 9.13 Å². The van der Waals surface area contributed by atoms with Gasteiger partial charge >= 0.3 is 0 Å². The lowest BCUT2D eigenvalue weighted by Gasteiger charge is -2.16. The highest BCUT2D eigenvalue weighted by molar-refractivity contribution is 7.97. The molecule has 0 aliphatic carbocycles. The first-order valence-corrected chi connectivity index (χ1v) is 9.07. The molecule has 0 amide bonds. The normalized spacial score (nSPS) is 16.4. The predicted octanol–water partition coefficient (Wildman–Crippen LogP) is 3.14. The summed E-state index contributed by atoms with van der Waals surface area (Å²) >= 11 is 1.61. The van der Waals surface area contributed by atoms with Gasteiger partial charge in [0.2, 0.25) is 0 Å². The standard InChI is InChI=1S/C17H20FN5OS/c1-11-8-13(18)16-12(15(11)17-19-10-22(2)21-17)9-14(20-16)25-23-4-3-6-24-7-5-23/h8-10,20H,3-7H2,1-2H3. The van der Waals surface area contributed by atoms with E-state index in [1.807, 2.05) is 20.0 Å². The summed E-state index contributed by atoms with van der Waals surface area (Å²) in [6, 6.07) is 3.53. The lowest BCUT2D eigenvalue weighted by molar-refractivity contribution is 0.148. The molecule has 1 N–H and O–H groups in total. The van der Waals surface area contributed by atoms with E-state index in [-0.39, 0.29) is 5.82 Å². The Morgan fingerprint density at radius 2 is 2.16 bits per heavy atom. The van der Waals surface area contributed by atoms with Gasteiger partial charge in [-0.3, -0.25) is 4.68 Å². The number of hydrogen-bond donors (Lipinski definition) is 1.